The van der Waals surface area contributed by atoms with Crippen molar-refractivity contribution >= 4 is 24.0 Å². The van der Waals surface area contributed by atoms with E-state index >= 15 is 0 Å². The van der Waals surface area contributed by atoms with E-state index in [2.05, 4.69) is 49.6 Å². The van der Waals surface area contributed by atoms with Gasteiger partial charge in [0.25, 0.3) is 11.8 Å². The van der Waals surface area contributed by atoms with E-state index in [9.17, 15) is 19.2 Å². The van der Waals surface area contributed by atoms with Gasteiger partial charge in [-0.05, 0) is 113 Å². The number of likely N-dealkylation sites (tertiary alicyclic amines) is 2. The number of H-pyrrole nitrogens is 2. The summed E-state index contributed by atoms with van der Waals surface area (Å²) in [7, 11) is 0. The molecule has 68 heavy (non-hydrogen) atoms. The first-order valence-electron chi connectivity index (χ1n) is 23.1. The van der Waals surface area contributed by atoms with Gasteiger partial charge in [-0.25, -0.2) is 19.6 Å². The maximum absolute atomic E-state index is 14.2. The minimum atomic E-state index is -0.919. The van der Waals surface area contributed by atoms with Crippen LogP contribution in [0.5, 0.6) is 0 Å². The van der Waals surface area contributed by atoms with Gasteiger partial charge in [0.1, 0.15) is 40.6 Å². The lowest BCUT2D eigenvalue weighted by atomic mass is 10.0. The second-order valence-electron chi connectivity index (χ2n) is 19.1. The second-order valence-corrected chi connectivity index (χ2v) is 19.1. The predicted octanol–water partition coefficient (Wildman–Crippen LogP) is 9.73. The van der Waals surface area contributed by atoms with E-state index in [1.165, 1.54) is 0 Å². The van der Waals surface area contributed by atoms with Gasteiger partial charge in [0.15, 0.2) is 0 Å². The Hall–Kier alpha value is -7.66. The summed E-state index contributed by atoms with van der Waals surface area (Å²) in [4.78, 5) is 73.7. The molecule has 2 fully saturated rings. The van der Waals surface area contributed by atoms with Crippen LogP contribution in [0.25, 0.3) is 22.4 Å². The zero-order valence-electron chi connectivity index (χ0n) is 39.3. The Kier molecular flexibility index (Phi) is 13.8. The van der Waals surface area contributed by atoms with Gasteiger partial charge in [0.2, 0.25) is 0 Å². The molecule has 0 saturated carbocycles. The smallest absolute Gasteiger partial charge is 0.408 e. The molecule has 0 unspecified atom stereocenters. The molecule has 4 atom stereocenters. The van der Waals surface area contributed by atoms with Crippen LogP contribution in [0.15, 0.2) is 122 Å². The lowest BCUT2D eigenvalue weighted by Gasteiger charge is -2.29. The lowest BCUT2D eigenvalue weighted by molar-refractivity contribution is -0.135. The van der Waals surface area contributed by atoms with Crippen LogP contribution in [0.1, 0.15) is 125 Å². The van der Waals surface area contributed by atoms with Crippen molar-refractivity contribution in [3.05, 3.63) is 156 Å². The molecule has 4 amide bonds. The number of aromatic amines is 2. The van der Waals surface area contributed by atoms with Gasteiger partial charge in [-0.3, -0.25) is 9.59 Å². The number of hydrogen-bond acceptors (Lipinski definition) is 8. The normalized spacial score (nSPS) is 16.9. The number of nitrogens with one attached hydrogen (secondary N) is 4. The molecular weight excluding hydrogens is 857 g/mol. The molecule has 14 heteroatoms. The van der Waals surface area contributed by atoms with E-state index < -0.39 is 35.5 Å². The summed E-state index contributed by atoms with van der Waals surface area (Å²) in [5.41, 5.74) is 5.24. The molecule has 8 rings (SSSR count). The van der Waals surface area contributed by atoms with Crippen molar-refractivity contribution in [2.75, 3.05) is 13.1 Å². The fraction of sp³-hybridized carbons (Fsp3) is 0.333. The highest BCUT2D eigenvalue weighted by Crippen LogP contribution is 2.36. The first kappa shape index (κ1) is 46.9. The number of benzene rings is 4. The summed E-state index contributed by atoms with van der Waals surface area (Å²) in [6, 6.07) is 32.3. The van der Waals surface area contributed by atoms with Crippen molar-refractivity contribution in [1.29, 1.82) is 0 Å². The minimum Gasteiger partial charge on any atom is -0.444 e. The van der Waals surface area contributed by atoms with E-state index in [-0.39, 0.29) is 23.9 Å². The maximum Gasteiger partial charge on any atom is 0.408 e. The molecule has 2 aliphatic heterocycles. The predicted molar refractivity (Wildman–Crippen MR) is 259 cm³/mol. The highest BCUT2D eigenvalue weighted by Gasteiger charge is 2.39. The zero-order chi connectivity index (χ0) is 48.0. The van der Waals surface area contributed by atoms with Crippen LogP contribution in [0.2, 0.25) is 0 Å². The Balaban J connectivity index is 0.899. The van der Waals surface area contributed by atoms with Crippen LogP contribution in [-0.4, -0.2) is 78.0 Å². The SMILES string of the molecule is CC(C)(C)OC(=O)N[C@@H](C(=O)N1CCC[C@H]1c1ncc(C#Cc2ccc(-c3ccc(-c4cnc([C@@H]5CCCN5C(=O)[C@H](NC(=O)OC(C)(C)C)c5ccccc5)[nH]4)cc3)cc2)[nH]1)c1ccccc1. The molecule has 0 spiro atoms. The third-order valence-corrected chi connectivity index (χ3v) is 11.7. The van der Waals surface area contributed by atoms with Crippen molar-refractivity contribution in [3.63, 3.8) is 0 Å². The average molecular weight is 915 g/mol. The van der Waals surface area contributed by atoms with Crippen molar-refractivity contribution in [2.24, 2.45) is 0 Å². The van der Waals surface area contributed by atoms with Gasteiger partial charge in [-0.2, -0.15) is 0 Å². The number of ether oxygens (including phenoxy) is 2. The average Bonchev–Trinajstić information content (AvgIpc) is 4.16. The zero-order valence-corrected chi connectivity index (χ0v) is 39.3. The van der Waals surface area contributed by atoms with Crippen molar-refractivity contribution in [2.45, 2.75) is 103 Å². The van der Waals surface area contributed by atoms with Gasteiger partial charge in [-0.1, -0.05) is 103 Å². The summed E-state index contributed by atoms with van der Waals surface area (Å²) in [5.74, 6) is 7.31. The molecule has 4 heterocycles. The highest BCUT2D eigenvalue weighted by atomic mass is 16.6. The number of imidazole rings is 2. The molecule has 4 aromatic carbocycles. The van der Waals surface area contributed by atoms with Gasteiger partial charge in [0, 0.05) is 18.7 Å². The number of aromatic nitrogens is 4. The van der Waals surface area contributed by atoms with E-state index in [1.54, 1.807) is 63.7 Å². The fourth-order valence-electron chi connectivity index (χ4n) is 8.63. The summed E-state index contributed by atoms with van der Waals surface area (Å²) >= 11 is 0. The van der Waals surface area contributed by atoms with Crippen LogP contribution < -0.4 is 10.6 Å². The van der Waals surface area contributed by atoms with Crippen LogP contribution in [0.3, 0.4) is 0 Å². The van der Waals surface area contributed by atoms with Gasteiger partial charge in [-0.15, -0.1) is 0 Å². The molecule has 2 aliphatic rings. The third-order valence-electron chi connectivity index (χ3n) is 11.7. The number of hydrogen-bond donors (Lipinski definition) is 4. The third kappa shape index (κ3) is 11.5. The minimum absolute atomic E-state index is 0.217. The van der Waals surface area contributed by atoms with Crippen molar-refractivity contribution < 1.29 is 28.7 Å². The Labute approximate surface area is 397 Å². The molecule has 0 aliphatic carbocycles. The molecule has 14 nitrogen and oxygen atoms in total. The Morgan fingerprint density at radius 2 is 1.03 bits per heavy atom. The van der Waals surface area contributed by atoms with Gasteiger partial charge >= 0.3 is 12.2 Å². The second kappa shape index (κ2) is 20.1. The number of nitrogens with zero attached hydrogens (tertiary/aromatic N) is 4. The standard InChI is InChI=1S/C54H58N8O6/c1-53(2,3)67-51(65)59-45(39-15-9-7-10-16-39)49(63)61-31-13-19-43(61)47-55-33-41(57-47)30-23-35-21-24-36(25-22-35)37-26-28-38(29-27-37)42-34-56-48(58-42)44-20-14-32-62(44)50(64)46(40-17-11-8-12-18-40)60-52(66)68-54(4,5)6/h7-12,15-18,21-22,24-29,33-34,43-46H,13-14,19-20,31-32H2,1-6H3,(H,55,57)(H,56,58)(H,59,65)(H,60,66)/t43-,44-,45+,46+/m0/s1. The Morgan fingerprint density at radius 1 is 0.588 bits per heavy atom. The molecule has 2 aromatic heterocycles. The highest BCUT2D eigenvalue weighted by molar-refractivity contribution is 5.88. The number of carbonyl (C=O) groups is 4. The molecule has 4 N–H and O–H groups in total. The molecule has 0 radical (unpaired) electrons. The Bertz CT molecular complexity index is 2780. The van der Waals surface area contributed by atoms with E-state index in [0.29, 0.717) is 41.6 Å². The summed E-state index contributed by atoms with van der Waals surface area (Å²) in [6.07, 6.45) is 5.24. The van der Waals surface area contributed by atoms with E-state index in [0.717, 1.165) is 53.6 Å². The van der Waals surface area contributed by atoms with Crippen LogP contribution in [0, 0.1) is 11.8 Å². The van der Waals surface area contributed by atoms with Crippen LogP contribution in [-0.2, 0) is 19.1 Å². The number of rotatable bonds is 10. The maximum atomic E-state index is 14.2. The quantitative estimate of drug-likeness (QED) is 0.0983. The summed E-state index contributed by atoms with van der Waals surface area (Å²) in [6.45, 7) is 11.8. The topological polar surface area (TPSA) is 175 Å². The van der Waals surface area contributed by atoms with Crippen LogP contribution >= 0.6 is 0 Å². The van der Waals surface area contributed by atoms with E-state index in [1.807, 2.05) is 97.1 Å². The first-order valence-corrected chi connectivity index (χ1v) is 23.1. The van der Waals surface area contributed by atoms with Crippen molar-refractivity contribution in [1.82, 2.24) is 40.4 Å². The van der Waals surface area contributed by atoms with Gasteiger partial charge in [0.05, 0.1) is 30.2 Å². The number of alkyl carbamates (subject to hydrolysis) is 2. The largest absolute Gasteiger partial charge is 0.444 e. The number of amides is 4. The monoisotopic (exact) mass is 914 g/mol. The molecule has 350 valence electrons. The van der Waals surface area contributed by atoms with E-state index in [4.69, 9.17) is 14.5 Å². The summed E-state index contributed by atoms with van der Waals surface area (Å²) < 4.78 is 11.0. The summed E-state index contributed by atoms with van der Waals surface area (Å²) in [5, 5.41) is 5.62. The Morgan fingerprint density at radius 3 is 1.51 bits per heavy atom. The first-order chi connectivity index (χ1) is 32.6. The van der Waals surface area contributed by atoms with Gasteiger partial charge < -0.3 is 39.9 Å². The van der Waals surface area contributed by atoms with Crippen molar-refractivity contribution in [3.8, 4) is 34.2 Å². The molecule has 2 saturated heterocycles. The lowest BCUT2D eigenvalue weighted by Crippen LogP contribution is -2.44. The van der Waals surface area contributed by atoms with Crippen LogP contribution in [0.4, 0.5) is 9.59 Å². The molecular formula is C54H58N8O6. The molecule has 0 bridgehead atoms. The molecule has 6 aromatic rings. The number of carbonyl (C=O) groups excluding carboxylic acids is 4. The fourth-order valence-corrected chi connectivity index (χ4v) is 8.63.